The van der Waals surface area contributed by atoms with Crippen molar-refractivity contribution in [3.63, 3.8) is 0 Å². The largest absolute Gasteiger partial charge is 0.496 e. The van der Waals surface area contributed by atoms with Crippen molar-refractivity contribution in [1.29, 1.82) is 0 Å². The van der Waals surface area contributed by atoms with Crippen molar-refractivity contribution >= 4 is 34.8 Å². The molecule has 0 amide bonds. The zero-order valence-corrected chi connectivity index (χ0v) is 11.9. The first-order chi connectivity index (χ1) is 7.97. The van der Waals surface area contributed by atoms with Gasteiger partial charge in [-0.2, -0.15) is 0 Å². The lowest BCUT2D eigenvalue weighted by Crippen LogP contribution is -2.07. The van der Waals surface area contributed by atoms with Crippen LogP contribution in [0.2, 0.25) is 0 Å². The summed E-state index contributed by atoms with van der Waals surface area (Å²) in [6, 6.07) is 3.23. The SMILES string of the molecule is CCCCOc1cc(OC)cc(C(Cl)(Cl)Cl)n1. The van der Waals surface area contributed by atoms with Crippen LogP contribution in [-0.2, 0) is 3.79 Å². The van der Waals surface area contributed by atoms with Crippen molar-refractivity contribution in [1.82, 2.24) is 4.98 Å². The molecule has 0 saturated heterocycles. The highest BCUT2D eigenvalue weighted by Gasteiger charge is 2.26. The Labute approximate surface area is 116 Å². The van der Waals surface area contributed by atoms with Gasteiger partial charge in [0.1, 0.15) is 5.75 Å². The minimum Gasteiger partial charge on any atom is -0.496 e. The third-order valence-corrected chi connectivity index (χ3v) is 2.63. The first-order valence-electron chi connectivity index (χ1n) is 5.23. The predicted octanol–water partition coefficient (Wildman–Crippen LogP) is 4.10. The molecule has 1 rings (SSSR count). The number of hydrogen-bond donors (Lipinski definition) is 0. The van der Waals surface area contributed by atoms with Gasteiger partial charge in [-0.15, -0.1) is 0 Å². The van der Waals surface area contributed by atoms with E-state index in [4.69, 9.17) is 44.3 Å². The molecule has 17 heavy (non-hydrogen) atoms. The number of pyridine rings is 1. The molecule has 0 bridgehead atoms. The molecule has 0 radical (unpaired) electrons. The zero-order chi connectivity index (χ0) is 12.9. The van der Waals surface area contributed by atoms with Crippen LogP contribution in [0.1, 0.15) is 25.5 Å². The summed E-state index contributed by atoms with van der Waals surface area (Å²) in [5.41, 5.74) is 0.286. The molecule has 0 N–H and O–H groups in total. The summed E-state index contributed by atoms with van der Waals surface area (Å²) in [4.78, 5) is 4.13. The fraction of sp³-hybridized carbons (Fsp3) is 0.545. The van der Waals surface area contributed by atoms with Crippen LogP contribution in [0.3, 0.4) is 0 Å². The van der Waals surface area contributed by atoms with Crippen LogP contribution in [-0.4, -0.2) is 18.7 Å². The number of alkyl halides is 3. The molecule has 1 aromatic rings. The summed E-state index contributed by atoms with van der Waals surface area (Å²) in [6.07, 6.45) is 1.99. The van der Waals surface area contributed by atoms with Crippen LogP contribution in [0.5, 0.6) is 11.6 Å². The standard InChI is InChI=1S/C11H14Cl3NO2/c1-3-4-5-17-10-7-8(16-2)6-9(15-10)11(12,13)14/h6-7H,3-5H2,1-2H3. The van der Waals surface area contributed by atoms with Gasteiger partial charge in [-0.1, -0.05) is 48.1 Å². The molecular weight excluding hydrogens is 284 g/mol. The van der Waals surface area contributed by atoms with Crippen molar-refractivity contribution in [3.8, 4) is 11.6 Å². The van der Waals surface area contributed by atoms with E-state index in [2.05, 4.69) is 11.9 Å². The fourth-order valence-corrected chi connectivity index (χ4v) is 1.43. The molecule has 3 nitrogen and oxygen atoms in total. The van der Waals surface area contributed by atoms with Gasteiger partial charge in [0.15, 0.2) is 0 Å². The van der Waals surface area contributed by atoms with E-state index >= 15 is 0 Å². The van der Waals surface area contributed by atoms with Crippen LogP contribution in [0.15, 0.2) is 12.1 Å². The lowest BCUT2D eigenvalue weighted by atomic mass is 10.3. The highest BCUT2D eigenvalue weighted by atomic mass is 35.6. The number of rotatable bonds is 5. The third-order valence-electron chi connectivity index (χ3n) is 2.05. The van der Waals surface area contributed by atoms with E-state index in [0.29, 0.717) is 18.2 Å². The van der Waals surface area contributed by atoms with Gasteiger partial charge < -0.3 is 9.47 Å². The molecule has 0 saturated carbocycles. The summed E-state index contributed by atoms with van der Waals surface area (Å²) in [7, 11) is 1.54. The topological polar surface area (TPSA) is 31.4 Å². The average Bonchev–Trinajstić information content (AvgIpc) is 2.28. The maximum absolute atomic E-state index is 5.78. The van der Waals surface area contributed by atoms with Crippen molar-refractivity contribution in [3.05, 3.63) is 17.8 Å². The highest BCUT2D eigenvalue weighted by Crippen LogP contribution is 2.39. The van der Waals surface area contributed by atoms with Crippen LogP contribution in [0.25, 0.3) is 0 Å². The predicted molar refractivity (Wildman–Crippen MR) is 70.4 cm³/mol. The first kappa shape index (κ1) is 14.7. The van der Waals surface area contributed by atoms with Gasteiger partial charge >= 0.3 is 0 Å². The van der Waals surface area contributed by atoms with Gasteiger partial charge in [-0.3, -0.25) is 0 Å². The smallest absolute Gasteiger partial charge is 0.232 e. The summed E-state index contributed by atoms with van der Waals surface area (Å²) in [5, 5.41) is 0. The van der Waals surface area contributed by atoms with Crippen molar-refractivity contribution in [2.75, 3.05) is 13.7 Å². The number of methoxy groups -OCH3 is 1. The van der Waals surface area contributed by atoms with Gasteiger partial charge in [0.2, 0.25) is 9.67 Å². The van der Waals surface area contributed by atoms with Gasteiger partial charge in [0, 0.05) is 12.1 Å². The van der Waals surface area contributed by atoms with E-state index in [1.165, 1.54) is 7.11 Å². The maximum atomic E-state index is 5.78. The normalized spacial score (nSPS) is 11.4. The molecule has 1 heterocycles. The Balaban J connectivity index is 2.89. The Kier molecular flexibility index (Phi) is 5.63. The summed E-state index contributed by atoms with van der Waals surface area (Å²) >= 11 is 17.3. The van der Waals surface area contributed by atoms with E-state index in [-0.39, 0.29) is 5.69 Å². The molecule has 0 aliphatic heterocycles. The van der Waals surface area contributed by atoms with Crippen molar-refractivity contribution in [2.45, 2.75) is 23.6 Å². The van der Waals surface area contributed by atoms with Gasteiger partial charge in [0.25, 0.3) is 0 Å². The lowest BCUT2D eigenvalue weighted by Gasteiger charge is -2.14. The first-order valence-corrected chi connectivity index (χ1v) is 6.37. The molecule has 0 atom stereocenters. The number of unbranched alkanes of at least 4 members (excludes halogenated alkanes) is 1. The Bertz CT molecular complexity index is 366. The minimum absolute atomic E-state index is 0.286. The van der Waals surface area contributed by atoms with Gasteiger partial charge in [0.05, 0.1) is 19.4 Å². The van der Waals surface area contributed by atoms with Crippen LogP contribution < -0.4 is 9.47 Å². The Morgan fingerprint density at radius 2 is 2.00 bits per heavy atom. The third kappa shape index (κ3) is 4.78. The Morgan fingerprint density at radius 3 is 2.53 bits per heavy atom. The molecule has 0 aliphatic rings. The summed E-state index contributed by atoms with van der Waals surface area (Å²) < 4.78 is 8.97. The van der Waals surface area contributed by atoms with E-state index in [9.17, 15) is 0 Å². The zero-order valence-electron chi connectivity index (χ0n) is 9.67. The number of nitrogens with zero attached hydrogens (tertiary/aromatic N) is 1. The molecular formula is C11H14Cl3NO2. The molecule has 0 spiro atoms. The number of ether oxygens (including phenoxy) is 2. The van der Waals surface area contributed by atoms with E-state index in [1.54, 1.807) is 12.1 Å². The van der Waals surface area contributed by atoms with Crippen molar-refractivity contribution < 1.29 is 9.47 Å². The number of aromatic nitrogens is 1. The van der Waals surface area contributed by atoms with E-state index in [0.717, 1.165) is 12.8 Å². The monoisotopic (exact) mass is 297 g/mol. The van der Waals surface area contributed by atoms with Crippen LogP contribution in [0.4, 0.5) is 0 Å². The van der Waals surface area contributed by atoms with E-state index in [1.807, 2.05) is 0 Å². The quantitative estimate of drug-likeness (QED) is 0.606. The second kappa shape index (κ2) is 6.53. The van der Waals surface area contributed by atoms with Gasteiger partial charge in [-0.25, -0.2) is 4.98 Å². The number of halogens is 3. The van der Waals surface area contributed by atoms with E-state index < -0.39 is 3.79 Å². The second-order valence-corrected chi connectivity index (χ2v) is 5.71. The molecule has 1 aromatic heterocycles. The molecule has 0 fully saturated rings. The lowest BCUT2D eigenvalue weighted by molar-refractivity contribution is 0.294. The Hall–Kier alpha value is -0.380. The maximum Gasteiger partial charge on any atom is 0.232 e. The van der Waals surface area contributed by atoms with Crippen molar-refractivity contribution in [2.24, 2.45) is 0 Å². The van der Waals surface area contributed by atoms with Crippen LogP contribution >= 0.6 is 34.8 Å². The number of hydrogen-bond acceptors (Lipinski definition) is 3. The van der Waals surface area contributed by atoms with Crippen LogP contribution in [0, 0.1) is 0 Å². The molecule has 0 aliphatic carbocycles. The highest BCUT2D eigenvalue weighted by molar-refractivity contribution is 6.66. The average molecular weight is 299 g/mol. The molecule has 96 valence electrons. The molecule has 0 aromatic carbocycles. The fourth-order valence-electron chi connectivity index (χ4n) is 1.14. The Morgan fingerprint density at radius 1 is 1.29 bits per heavy atom. The second-order valence-electron chi connectivity index (χ2n) is 3.43. The minimum atomic E-state index is -1.59. The molecule has 6 heteroatoms. The molecule has 0 unspecified atom stereocenters. The summed E-state index contributed by atoms with van der Waals surface area (Å²) in [5.74, 6) is 0.951. The van der Waals surface area contributed by atoms with Gasteiger partial charge in [-0.05, 0) is 6.42 Å². The summed E-state index contributed by atoms with van der Waals surface area (Å²) in [6.45, 7) is 2.66.